The van der Waals surface area contributed by atoms with E-state index in [0.29, 0.717) is 13.2 Å². The molecule has 4 nitrogen and oxygen atoms in total. The molecule has 0 N–H and O–H groups in total. The van der Waals surface area contributed by atoms with Crippen molar-refractivity contribution in [3.8, 4) is 0 Å². The van der Waals surface area contributed by atoms with Crippen molar-refractivity contribution in [3.05, 3.63) is 35.4 Å². The number of likely N-dealkylation sites (tertiary alicyclic amines) is 1. The molecular weight excluding hydrogens is 242 g/mol. The molecule has 0 bridgehead atoms. The molecule has 1 aromatic rings. The Labute approximate surface area is 113 Å². The molecule has 0 atom stereocenters. The number of hydrogen-bond donors (Lipinski definition) is 0. The molecule has 3 rings (SSSR count). The minimum absolute atomic E-state index is 0.138. The summed E-state index contributed by atoms with van der Waals surface area (Å²) in [5.74, 6) is 0.138. The van der Waals surface area contributed by atoms with Gasteiger partial charge in [-0.25, -0.2) is 0 Å². The zero-order chi connectivity index (χ0) is 13.1. The van der Waals surface area contributed by atoms with Crippen molar-refractivity contribution in [3.63, 3.8) is 0 Å². The summed E-state index contributed by atoms with van der Waals surface area (Å²) < 4.78 is 10.9. The summed E-state index contributed by atoms with van der Waals surface area (Å²) in [5.41, 5.74) is 1.73. The highest BCUT2D eigenvalue weighted by Crippen LogP contribution is 2.23. The van der Waals surface area contributed by atoms with Crippen LogP contribution >= 0.6 is 0 Å². The molecule has 0 radical (unpaired) electrons. The predicted molar refractivity (Wildman–Crippen MR) is 70.8 cm³/mol. The van der Waals surface area contributed by atoms with Crippen LogP contribution in [-0.4, -0.2) is 37.1 Å². The van der Waals surface area contributed by atoms with E-state index in [1.807, 2.05) is 29.2 Å². The maximum atomic E-state index is 12.3. The monoisotopic (exact) mass is 261 g/mol. The van der Waals surface area contributed by atoms with Crippen LogP contribution in [0.1, 0.15) is 41.5 Å². The van der Waals surface area contributed by atoms with Crippen LogP contribution in [0.2, 0.25) is 0 Å². The summed E-state index contributed by atoms with van der Waals surface area (Å²) in [7, 11) is 0. The molecule has 0 saturated carbocycles. The lowest BCUT2D eigenvalue weighted by Crippen LogP contribution is -2.35. The molecule has 0 aliphatic carbocycles. The van der Waals surface area contributed by atoms with Gasteiger partial charge in [-0.2, -0.15) is 0 Å². The van der Waals surface area contributed by atoms with Gasteiger partial charge < -0.3 is 14.4 Å². The Morgan fingerprint density at radius 3 is 2.26 bits per heavy atom. The number of carbonyl (C=O) groups excluding carboxylic acids is 1. The summed E-state index contributed by atoms with van der Waals surface area (Å²) in [6.07, 6.45) is 3.21. The van der Waals surface area contributed by atoms with Crippen LogP contribution in [-0.2, 0) is 9.47 Å². The fourth-order valence-electron chi connectivity index (χ4n) is 2.61. The molecule has 0 aromatic heterocycles. The van der Waals surface area contributed by atoms with E-state index >= 15 is 0 Å². The average Bonchev–Trinajstić information content (AvgIpc) is 3.02. The van der Waals surface area contributed by atoms with E-state index in [4.69, 9.17) is 9.47 Å². The van der Waals surface area contributed by atoms with Gasteiger partial charge in [-0.05, 0) is 31.4 Å². The van der Waals surface area contributed by atoms with Crippen LogP contribution in [0.5, 0.6) is 0 Å². The van der Waals surface area contributed by atoms with Crippen molar-refractivity contribution >= 4 is 5.91 Å². The van der Waals surface area contributed by atoms with Crippen molar-refractivity contribution in [2.45, 2.75) is 25.6 Å². The molecule has 4 heteroatoms. The lowest BCUT2D eigenvalue weighted by atomic mass is 10.1. The van der Waals surface area contributed by atoms with Crippen LogP contribution in [0.25, 0.3) is 0 Å². The van der Waals surface area contributed by atoms with Crippen molar-refractivity contribution in [1.82, 2.24) is 4.90 Å². The van der Waals surface area contributed by atoms with Gasteiger partial charge in [0, 0.05) is 24.2 Å². The number of piperidine rings is 1. The first kappa shape index (κ1) is 12.6. The Morgan fingerprint density at radius 2 is 1.63 bits per heavy atom. The molecule has 1 amide bonds. The smallest absolute Gasteiger partial charge is 0.253 e. The van der Waals surface area contributed by atoms with Gasteiger partial charge in [-0.1, -0.05) is 12.1 Å². The van der Waals surface area contributed by atoms with E-state index in [1.54, 1.807) is 0 Å². The number of benzene rings is 1. The highest BCUT2D eigenvalue weighted by molar-refractivity contribution is 5.94. The topological polar surface area (TPSA) is 38.8 Å². The van der Waals surface area contributed by atoms with Gasteiger partial charge in [0.2, 0.25) is 0 Å². The second-order valence-corrected chi connectivity index (χ2v) is 5.05. The third kappa shape index (κ3) is 2.80. The van der Waals surface area contributed by atoms with Crippen LogP contribution < -0.4 is 0 Å². The van der Waals surface area contributed by atoms with Gasteiger partial charge in [0.15, 0.2) is 6.29 Å². The highest BCUT2D eigenvalue weighted by Gasteiger charge is 2.20. The fraction of sp³-hybridized carbons (Fsp3) is 0.533. The van der Waals surface area contributed by atoms with Crippen molar-refractivity contribution in [1.29, 1.82) is 0 Å². The van der Waals surface area contributed by atoms with Crippen molar-refractivity contribution in [2.24, 2.45) is 0 Å². The molecule has 0 unspecified atom stereocenters. The van der Waals surface area contributed by atoms with Gasteiger partial charge in [0.25, 0.3) is 5.91 Å². The molecule has 1 aromatic carbocycles. The maximum Gasteiger partial charge on any atom is 0.253 e. The molecule has 0 spiro atoms. The molecule has 2 aliphatic rings. The van der Waals surface area contributed by atoms with Crippen LogP contribution in [0.4, 0.5) is 0 Å². The second-order valence-electron chi connectivity index (χ2n) is 5.05. The molecular formula is C15H19NO3. The Bertz CT molecular complexity index is 431. The number of nitrogens with zero attached hydrogens (tertiary/aromatic N) is 1. The van der Waals surface area contributed by atoms with Gasteiger partial charge in [-0.15, -0.1) is 0 Å². The Hall–Kier alpha value is -1.39. The Morgan fingerprint density at radius 1 is 1.00 bits per heavy atom. The number of carbonyl (C=O) groups is 1. The fourth-order valence-corrected chi connectivity index (χ4v) is 2.61. The van der Waals surface area contributed by atoms with Gasteiger partial charge >= 0.3 is 0 Å². The highest BCUT2D eigenvalue weighted by atomic mass is 16.7. The van der Waals surface area contributed by atoms with Crippen LogP contribution in [0.15, 0.2) is 24.3 Å². The largest absolute Gasteiger partial charge is 0.346 e. The second kappa shape index (κ2) is 5.72. The summed E-state index contributed by atoms with van der Waals surface area (Å²) >= 11 is 0. The molecule has 2 saturated heterocycles. The Kier molecular flexibility index (Phi) is 3.80. The minimum Gasteiger partial charge on any atom is -0.346 e. The van der Waals surface area contributed by atoms with E-state index in [-0.39, 0.29) is 12.2 Å². The lowest BCUT2D eigenvalue weighted by Gasteiger charge is -2.26. The van der Waals surface area contributed by atoms with Crippen molar-refractivity contribution < 1.29 is 14.3 Å². The third-order valence-corrected chi connectivity index (χ3v) is 3.69. The molecule has 19 heavy (non-hydrogen) atoms. The van der Waals surface area contributed by atoms with E-state index < -0.39 is 0 Å². The summed E-state index contributed by atoms with van der Waals surface area (Å²) in [4.78, 5) is 14.2. The first-order valence-electron chi connectivity index (χ1n) is 6.97. The number of rotatable bonds is 2. The zero-order valence-electron chi connectivity index (χ0n) is 11.0. The Balaban J connectivity index is 1.69. The first-order chi connectivity index (χ1) is 9.34. The standard InChI is InChI=1S/C15H19NO3/c17-14(16-8-2-1-3-9-16)12-4-6-13(7-5-12)15-18-10-11-19-15/h4-7,15H,1-3,8-11H2. The van der Waals surface area contributed by atoms with Crippen LogP contribution in [0, 0.1) is 0 Å². The molecule has 102 valence electrons. The summed E-state index contributed by atoms with van der Waals surface area (Å²) in [5, 5.41) is 0. The third-order valence-electron chi connectivity index (χ3n) is 3.69. The van der Waals surface area contributed by atoms with Crippen molar-refractivity contribution in [2.75, 3.05) is 26.3 Å². The SMILES string of the molecule is O=C(c1ccc(C2OCCO2)cc1)N1CCCCC1. The summed E-state index contributed by atoms with van der Waals surface area (Å²) in [6.45, 7) is 3.04. The number of hydrogen-bond acceptors (Lipinski definition) is 3. The van der Waals surface area contributed by atoms with Gasteiger partial charge in [-0.3, -0.25) is 4.79 Å². The molecule has 2 aliphatic heterocycles. The van der Waals surface area contributed by atoms with E-state index in [0.717, 1.165) is 37.1 Å². The normalized spacial score (nSPS) is 20.7. The van der Waals surface area contributed by atoms with E-state index in [2.05, 4.69) is 0 Å². The van der Waals surface area contributed by atoms with Gasteiger partial charge in [0.1, 0.15) is 0 Å². The lowest BCUT2D eigenvalue weighted by molar-refractivity contribution is -0.0441. The average molecular weight is 261 g/mol. The first-order valence-corrected chi connectivity index (χ1v) is 6.97. The number of ether oxygens (including phenoxy) is 2. The minimum atomic E-state index is -0.265. The van der Waals surface area contributed by atoms with E-state index in [9.17, 15) is 4.79 Å². The van der Waals surface area contributed by atoms with E-state index in [1.165, 1.54) is 6.42 Å². The zero-order valence-corrected chi connectivity index (χ0v) is 11.0. The van der Waals surface area contributed by atoms with Gasteiger partial charge in [0.05, 0.1) is 13.2 Å². The molecule has 2 fully saturated rings. The van der Waals surface area contributed by atoms with Crippen LogP contribution in [0.3, 0.4) is 0 Å². The predicted octanol–water partition coefficient (Wildman–Crippen LogP) is 2.36. The summed E-state index contributed by atoms with van der Waals surface area (Å²) in [6, 6.07) is 7.59. The molecule has 2 heterocycles. The maximum absolute atomic E-state index is 12.3. The quantitative estimate of drug-likeness (QED) is 0.820. The number of amides is 1.